The fourth-order valence-electron chi connectivity index (χ4n) is 4.23. The van der Waals surface area contributed by atoms with Gasteiger partial charge in [-0.3, -0.25) is 4.99 Å². The zero-order valence-corrected chi connectivity index (χ0v) is 13.3. The fraction of sp³-hybridized carbons (Fsp3) is 0.938. The molecular formula is C16H29N3O. The summed E-state index contributed by atoms with van der Waals surface area (Å²) in [5.41, 5.74) is 0.213. The Morgan fingerprint density at radius 2 is 2.15 bits per heavy atom. The van der Waals surface area contributed by atoms with E-state index in [1.807, 2.05) is 7.05 Å². The summed E-state index contributed by atoms with van der Waals surface area (Å²) in [7, 11) is 1.88. The van der Waals surface area contributed by atoms with E-state index in [4.69, 9.17) is 4.74 Å². The third kappa shape index (κ3) is 2.32. The zero-order valence-electron chi connectivity index (χ0n) is 13.3. The van der Waals surface area contributed by atoms with Crippen molar-refractivity contribution in [3.63, 3.8) is 0 Å². The Bertz CT molecular complexity index is 393. The van der Waals surface area contributed by atoms with Crippen molar-refractivity contribution in [1.29, 1.82) is 0 Å². The summed E-state index contributed by atoms with van der Waals surface area (Å²) >= 11 is 0. The lowest BCUT2D eigenvalue weighted by Gasteiger charge is -2.54. The van der Waals surface area contributed by atoms with Gasteiger partial charge in [0, 0.05) is 37.1 Å². The van der Waals surface area contributed by atoms with Gasteiger partial charge in [0.2, 0.25) is 0 Å². The molecule has 1 saturated heterocycles. The highest BCUT2D eigenvalue weighted by atomic mass is 16.5. The standard InChI is InChI=1S/C16H29N3O/c1-5-6-10-9-12(10)18-15(17-4)19-13-11-7-8-20-14(11)16(13,2)3/h10-14H,5-9H2,1-4H3,(H2,17,18,19). The van der Waals surface area contributed by atoms with Crippen molar-refractivity contribution in [1.82, 2.24) is 10.6 Å². The molecule has 2 N–H and O–H groups in total. The van der Waals surface area contributed by atoms with Crippen LogP contribution in [-0.2, 0) is 4.74 Å². The van der Waals surface area contributed by atoms with Crippen LogP contribution < -0.4 is 10.6 Å². The molecule has 5 atom stereocenters. The van der Waals surface area contributed by atoms with Gasteiger partial charge in [-0.2, -0.15) is 0 Å². The molecule has 0 aromatic heterocycles. The van der Waals surface area contributed by atoms with E-state index in [-0.39, 0.29) is 5.41 Å². The minimum Gasteiger partial charge on any atom is -0.377 e. The number of hydrogen-bond donors (Lipinski definition) is 2. The molecular weight excluding hydrogens is 250 g/mol. The average Bonchev–Trinajstić information content (AvgIpc) is 2.98. The number of aliphatic imine (C=N–C) groups is 1. The van der Waals surface area contributed by atoms with Gasteiger partial charge in [-0.15, -0.1) is 0 Å². The zero-order chi connectivity index (χ0) is 14.3. The second kappa shape index (κ2) is 5.21. The van der Waals surface area contributed by atoms with Gasteiger partial charge in [-0.1, -0.05) is 27.2 Å². The third-order valence-corrected chi connectivity index (χ3v) is 5.52. The fourth-order valence-corrected chi connectivity index (χ4v) is 4.23. The predicted molar refractivity (Wildman–Crippen MR) is 81.8 cm³/mol. The van der Waals surface area contributed by atoms with Crippen molar-refractivity contribution in [3.05, 3.63) is 0 Å². The number of rotatable bonds is 4. The maximum atomic E-state index is 5.85. The molecule has 2 aliphatic carbocycles. The van der Waals surface area contributed by atoms with Gasteiger partial charge in [-0.05, 0) is 25.2 Å². The molecule has 0 aromatic rings. The summed E-state index contributed by atoms with van der Waals surface area (Å²) < 4.78 is 5.85. The normalized spacial score (nSPS) is 41.8. The Hall–Kier alpha value is -0.770. The lowest BCUT2D eigenvalue weighted by molar-refractivity contribution is -0.106. The molecule has 1 heterocycles. The van der Waals surface area contributed by atoms with Crippen molar-refractivity contribution in [2.24, 2.45) is 22.2 Å². The molecule has 114 valence electrons. The Balaban J connectivity index is 1.54. The molecule has 1 aliphatic heterocycles. The number of ether oxygens (including phenoxy) is 1. The van der Waals surface area contributed by atoms with Crippen molar-refractivity contribution in [3.8, 4) is 0 Å². The number of hydrogen-bond acceptors (Lipinski definition) is 2. The highest BCUT2D eigenvalue weighted by Crippen LogP contribution is 2.52. The maximum absolute atomic E-state index is 5.85. The van der Waals surface area contributed by atoms with Gasteiger partial charge in [0.05, 0.1) is 6.10 Å². The van der Waals surface area contributed by atoms with Crippen LogP contribution in [0.15, 0.2) is 4.99 Å². The van der Waals surface area contributed by atoms with Crippen LogP contribution in [0.25, 0.3) is 0 Å². The summed E-state index contributed by atoms with van der Waals surface area (Å²) in [6.07, 6.45) is 5.54. The minimum absolute atomic E-state index is 0.213. The van der Waals surface area contributed by atoms with Crippen LogP contribution in [0.3, 0.4) is 0 Å². The van der Waals surface area contributed by atoms with Gasteiger partial charge in [-0.25, -0.2) is 0 Å². The average molecular weight is 279 g/mol. The first-order valence-corrected chi connectivity index (χ1v) is 8.19. The second-order valence-corrected chi connectivity index (χ2v) is 7.29. The summed E-state index contributed by atoms with van der Waals surface area (Å²) in [4.78, 5) is 4.42. The van der Waals surface area contributed by atoms with E-state index < -0.39 is 0 Å². The van der Waals surface area contributed by atoms with Crippen LogP contribution in [0, 0.1) is 17.3 Å². The topological polar surface area (TPSA) is 45.7 Å². The number of nitrogens with zero attached hydrogens (tertiary/aromatic N) is 1. The van der Waals surface area contributed by atoms with Gasteiger partial charge in [0.1, 0.15) is 0 Å². The highest BCUT2D eigenvalue weighted by molar-refractivity contribution is 5.81. The second-order valence-electron chi connectivity index (χ2n) is 7.29. The van der Waals surface area contributed by atoms with Gasteiger partial charge in [0.15, 0.2) is 5.96 Å². The molecule has 0 amide bonds. The minimum atomic E-state index is 0.213. The van der Waals surface area contributed by atoms with E-state index in [2.05, 4.69) is 36.4 Å². The Morgan fingerprint density at radius 1 is 1.35 bits per heavy atom. The monoisotopic (exact) mass is 279 g/mol. The summed E-state index contributed by atoms with van der Waals surface area (Å²) in [5, 5.41) is 7.25. The molecule has 0 aromatic carbocycles. The molecule has 5 unspecified atom stereocenters. The van der Waals surface area contributed by atoms with Crippen LogP contribution >= 0.6 is 0 Å². The van der Waals surface area contributed by atoms with Gasteiger partial charge >= 0.3 is 0 Å². The van der Waals surface area contributed by atoms with Crippen molar-refractivity contribution < 1.29 is 4.74 Å². The van der Waals surface area contributed by atoms with E-state index in [0.29, 0.717) is 24.1 Å². The summed E-state index contributed by atoms with van der Waals surface area (Å²) in [6.45, 7) is 7.80. The molecule has 4 nitrogen and oxygen atoms in total. The first-order valence-electron chi connectivity index (χ1n) is 8.19. The van der Waals surface area contributed by atoms with E-state index >= 15 is 0 Å². The molecule has 4 heteroatoms. The molecule has 2 saturated carbocycles. The quantitative estimate of drug-likeness (QED) is 0.612. The van der Waals surface area contributed by atoms with Gasteiger partial charge in [0.25, 0.3) is 0 Å². The van der Waals surface area contributed by atoms with E-state index in [1.54, 1.807) is 0 Å². The molecule has 0 radical (unpaired) electrons. The Morgan fingerprint density at radius 3 is 2.85 bits per heavy atom. The summed E-state index contributed by atoms with van der Waals surface area (Å²) in [6, 6.07) is 1.13. The van der Waals surface area contributed by atoms with Crippen molar-refractivity contribution >= 4 is 5.96 Å². The highest BCUT2D eigenvalue weighted by Gasteiger charge is 2.59. The van der Waals surface area contributed by atoms with Crippen molar-refractivity contribution in [2.45, 2.75) is 64.6 Å². The third-order valence-electron chi connectivity index (χ3n) is 5.52. The molecule has 20 heavy (non-hydrogen) atoms. The van der Waals surface area contributed by atoms with E-state index in [1.165, 1.54) is 25.7 Å². The Labute approximate surface area is 122 Å². The molecule has 0 spiro atoms. The van der Waals surface area contributed by atoms with Crippen LogP contribution in [-0.4, -0.2) is 37.8 Å². The predicted octanol–water partition coefficient (Wildman–Crippen LogP) is 2.15. The largest absolute Gasteiger partial charge is 0.377 e. The van der Waals surface area contributed by atoms with E-state index in [9.17, 15) is 0 Å². The summed E-state index contributed by atoms with van der Waals surface area (Å²) in [5.74, 6) is 2.50. The molecule has 3 rings (SSSR count). The van der Waals surface area contributed by atoms with Crippen LogP contribution in [0.5, 0.6) is 0 Å². The molecule has 3 fully saturated rings. The van der Waals surface area contributed by atoms with Crippen LogP contribution in [0.4, 0.5) is 0 Å². The smallest absolute Gasteiger partial charge is 0.191 e. The number of nitrogens with one attached hydrogen (secondary N) is 2. The van der Waals surface area contributed by atoms with Crippen molar-refractivity contribution in [2.75, 3.05) is 13.7 Å². The van der Waals surface area contributed by atoms with Crippen LogP contribution in [0.2, 0.25) is 0 Å². The lowest BCUT2D eigenvalue weighted by Crippen LogP contribution is -2.68. The van der Waals surface area contributed by atoms with Crippen LogP contribution in [0.1, 0.15) is 46.5 Å². The molecule has 0 bridgehead atoms. The Kier molecular flexibility index (Phi) is 3.69. The SMILES string of the molecule is CCCC1CC1NC(=NC)NC1C2CCOC2C1(C)C. The molecule has 3 aliphatic rings. The maximum Gasteiger partial charge on any atom is 0.191 e. The first kappa shape index (κ1) is 14.2. The van der Waals surface area contributed by atoms with Gasteiger partial charge < -0.3 is 15.4 Å². The first-order chi connectivity index (χ1) is 9.57. The van der Waals surface area contributed by atoms with E-state index in [0.717, 1.165) is 18.5 Å². The lowest BCUT2D eigenvalue weighted by atomic mass is 9.57. The number of guanidine groups is 1. The number of fused-ring (bicyclic) bond motifs is 1.